The maximum atomic E-state index is 5.88. The van der Waals surface area contributed by atoms with Crippen molar-refractivity contribution in [3.8, 4) is 11.5 Å². The van der Waals surface area contributed by atoms with Gasteiger partial charge >= 0.3 is 0 Å². The minimum atomic E-state index is 0.0942. The molecule has 0 aliphatic carbocycles. The Morgan fingerprint density at radius 1 is 1.19 bits per heavy atom. The van der Waals surface area contributed by atoms with Gasteiger partial charge in [0.15, 0.2) is 0 Å². The molecular formula is C15H24N2O2S2. The van der Waals surface area contributed by atoms with E-state index in [0.717, 1.165) is 23.5 Å². The first-order valence-electron chi connectivity index (χ1n) is 7.15. The van der Waals surface area contributed by atoms with Crippen LogP contribution in [0.15, 0.2) is 18.2 Å². The fourth-order valence-electron chi connectivity index (χ4n) is 2.64. The van der Waals surface area contributed by atoms with Crippen LogP contribution in [0.2, 0.25) is 0 Å². The smallest absolute Gasteiger partial charge is 0.122 e. The van der Waals surface area contributed by atoms with E-state index in [2.05, 4.69) is 24.1 Å². The van der Waals surface area contributed by atoms with Gasteiger partial charge in [0.05, 0.1) is 20.3 Å². The highest BCUT2D eigenvalue weighted by molar-refractivity contribution is 8.07. The van der Waals surface area contributed by atoms with Gasteiger partial charge in [-0.15, -0.1) is 0 Å². The fraction of sp³-hybridized carbons (Fsp3) is 0.600. The summed E-state index contributed by atoms with van der Waals surface area (Å²) >= 11 is 4.06. The lowest BCUT2D eigenvalue weighted by Crippen LogP contribution is -2.41. The van der Waals surface area contributed by atoms with Crippen molar-refractivity contribution in [2.24, 2.45) is 5.84 Å². The van der Waals surface area contributed by atoms with Crippen LogP contribution in [0.4, 0.5) is 0 Å². The molecule has 1 aliphatic heterocycles. The van der Waals surface area contributed by atoms with Crippen LogP contribution in [0.1, 0.15) is 24.9 Å². The second-order valence-corrected chi connectivity index (χ2v) is 7.58. The largest absolute Gasteiger partial charge is 0.497 e. The highest BCUT2D eigenvalue weighted by atomic mass is 32.2. The van der Waals surface area contributed by atoms with E-state index in [-0.39, 0.29) is 6.04 Å². The first-order chi connectivity index (χ1) is 10.2. The summed E-state index contributed by atoms with van der Waals surface area (Å²) in [4.78, 5) is 0. The Morgan fingerprint density at radius 3 is 2.33 bits per heavy atom. The summed E-state index contributed by atoms with van der Waals surface area (Å²) in [6.45, 7) is 2.25. The lowest BCUT2D eigenvalue weighted by atomic mass is 10.00. The van der Waals surface area contributed by atoms with Crippen LogP contribution in [0.25, 0.3) is 0 Å². The van der Waals surface area contributed by atoms with Crippen molar-refractivity contribution in [2.75, 3.05) is 25.7 Å². The average molecular weight is 329 g/mol. The van der Waals surface area contributed by atoms with Crippen molar-refractivity contribution in [3.63, 3.8) is 0 Å². The molecule has 1 aromatic carbocycles. The number of methoxy groups -OCH3 is 2. The van der Waals surface area contributed by atoms with Gasteiger partial charge in [0.2, 0.25) is 0 Å². The van der Waals surface area contributed by atoms with Crippen molar-refractivity contribution < 1.29 is 9.47 Å². The monoisotopic (exact) mass is 328 g/mol. The Balaban J connectivity index is 2.31. The third-order valence-corrected chi connectivity index (χ3v) is 7.09. The van der Waals surface area contributed by atoms with E-state index in [9.17, 15) is 0 Å². The Hall–Kier alpha value is -0.560. The molecule has 0 amide bonds. The molecule has 3 unspecified atom stereocenters. The van der Waals surface area contributed by atoms with Gasteiger partial charge in [-0.3, -0.25) is 11.3 Å². The topological polar surface area (TPSA) is 56.5 Å². The van der Waals surface area contributed by atoms with E-state index in [0.29, 0.717) is 10.5 Å². The summed E-state index contributed by atoms with van der Waals surface area (Å²) in [5.41, 5.74) is 4.13. The minimum absolute atomic E-state index is 0.0942. The summed E-state index contributed by atoms with van der Waals surface area (Å²) in [5, 5.41) is 1.07. The van der Waals surface area contributed by atoms with Crippen LogP contribution in [-0.4, -0.2) is 36.2 Å². The van der Waals surface area contributed by atoms with Gasteiger partial charge < -0.3 is 9.47 Å². The number of benzene rings is 1. The highest BCUT2D eigenvalue weighted by Gasteiger charge is 2.33. The maximum absolute atomic E-state index is 5.88. The molecule has 6 heteroatoms. The Kier molecular flexibility index (Phi) is 6.54. The molecule has 2 rings (SSSR count). The number of thioether (sulfide) groups is 2. The van der Waals surface area contributed by atoms with Crippen LogP contribution in [-0.2, 0) is 0 Å². The van der Waals surface area contributed by atoms with Gasteiger partial charge in [0.1, 0.15) is 11.5 Å². The number of rotatable bonds is 6. The van der Waals surface area contributed by atoms with E-state index in [1.807, 2.05) is 30.0 Å². The molecule has 1 saturated heterocycles. The zero-order chi connectivity index (χ0) is 15.2. The van der Waals surface area contributed by atoms with Gasteiger partial charge in [-0.1, -0.05) is 6.92 Å². The average Bonchev–Trinajstić information content (AvgIpc) is 2.55. The van der Waals surface area contributed by atoms with Gasteiger partial charge in [-0.25, -0.2) is 0 Å². The summed E-state index contributed by atoms with van der Waals surface area (Å²) < 4.78 is 10.7. The van der Waals surface area contributed by atoms with E-state index < -0.39 is 0 Å². The quantitative estimate of drug-likeness (QED) is 0.619. The molecule has 1 aromatic rings. The SMILES string of the molecule is CCC1SCCSC1C(NN)c1cc(OC)cc(OC)c1. The first-order valence-corrected chi connectivity index (χ1v) is 9.25. The first kappa shape index (κ1) is 16.8. The van der Waals surface area contributed by atoms with Gasteiger partial charge in [0.25, 0.3) is 0 Å². The summed E-state index contributed by atoms with van der Waals surface area (Å²) in [5.74, 6) is 9.87. The molecule has 3 atom stereocenters. The molecule has 1 heterocycles. The van der Waals surface area contributed by atoms with Gasteiger partial charge in [-0.05, 0) is 24.1 Å². The standard InChI is InChI=1S/C15H24N2O2S2/c1-4-13-15(21-6-5-20-13)14(17-16)10-7-11(18-2)9-12(8-10)19-3/h7-9,13-15,17H,4-6,16H2,1-3H3. The fourth-order valence-corrected chi connectivity index (χ4v) is 5.87. The van der Waals surface area contributed by atoms with Crippen molar-refractivity contribution in [1.29, 1.82) is 0 Å². The molecule has 1 aliphatic rings. The number of hydrazine groups is 1. The molecule has 1 fully saturated rings. The predicted octanol–water partition coefficient (Wildman–Crippen LogP) is 2.84. The van der Waals surface area contributed by atoms with Crippen molar-refractivity contribution in [2.45, 2.75) is 29.9 Å². The summed E-state index contributed by atoms with van der Waals surface area (Å²) in [6.07, 6.45) is 1.15. The van der Waals surface area contributed by atoms with Gasteiger partial charge in [-0.2, -0.15) is 23.5 Å². The molecule has 0 bridgehead atoms. The zero-order valence-corrected chi connectivity index (χ0v) is 14.4. The van der Waals surface area contributed by atoms with E-state index >= 15 is 0 Å². The highest BCUT2D eigenvalue weighted by Crippen LogP contribution is 2.41. The van der Waals surface area contributed by atoms with Crippen LogP contribution in [0, 0.1) is 0 Å². The molecule has 0 aromatic heterocycles. The van der Waals surface area contributed by atoms with Crippen molar-refractivity contribution in [3.05, 3.63) is 23.8 Å². The number of hydrogen-bond donors (Lipinski definition) is 2. The second kappa shape index (κ2) is 8.17. The summed E-state index contributed by atoms with van der Waals surface area (Å²) in [7, 11) is 3.34. The normalized spacial score (nSPS) is 23.6. The molecule has 0 radical (unpaired) electrons. The lowest BCUT2D eigenvalue weighted by molar-refractivity contribution is 0.391. The lowest BCUT2D eigenvalue weighted by Gasteiger charge is -2.36. The van der Waals surface area contributed by atoms with E-state index in [4.69, 9.17) is 15.3 Å². The van der Waals surface area contributed by atoms with Crippen LogP contribution in [0.5, 0.6) is 11.5 Å². The molecule has 21 heavy (non-hydrogen) atoms. The number of nitrogens with one attached hydrogen (secondary N) is 1. The minimum Gasteiger partial charge on any atom is -0.497 e. The third-order valence-electron chi connectivity index (χ3n) is 3.74. The molecule has 3 N–H and O–H groups in total. The number of nitrogens with two attached hydrogens (primary N) is 1. The van der Waals surface area contributed by atoms with E-state index in [1.54, 1.807) is 14.2 Å². The summed E-state index contributed by atoms with van der Waals surface area (Å²) in [6, 6.07) is 6.06. The molecule has 4 nitrogen and oxygen atoms in total. The third kappa shape index (κ3) is 4.00. The zero-order valence-electron chi connectivity index (χ0n) is 12.8. The van der Waals surface area contributed by atoms with Crippen molar-refractivity contribution in [1.82, 2.24) is 5.43 Å². The Labute approximate surface area is 135 Å². The molecular weight excluding hydrogens is 304 g/mol. The van der Waals surface area contributed by atoms with E-state index in [1.165, 1.54) is 11.5 Å². The van der Waals surface area contributed by atoms with Crippen LogP contribution in [0.3, 0.4) is 0 Å². The number of ether oxygens (including phenoxy) is 2. The second-order valence-electron chi connectivity index (χ2n) is 4.94. The Bertz CT molecular complexity index is 437. The van der Waals surface area contributed by atoms with Crippen molar-refractivity contribution >= 4 is 23.5 Å². The predicted molar refractivity (Wildman–Crippen MR) is 92.4 cm³/mol. The Morgan fingerprint density at radius 2 is 1.81 bits per heavy atom. The van der Waals surface area contributed by atoms with Crippen LogP contribution >= 0.6 is 23.5 Å². The maximum Gasteiger partial charge on any atom is 0.122 e. The molecule has 0 saturated carbocycles. The van der Waals surface area contributed by atoms with Crippen LogP contribution < -0.4 is 20.7 Å². The molecule has 118 valence electrons. The number of hydrogen-bond acceptors (Lipinski definition) is 6. The molecule has 0 spiro atoms. The van der Waals surface area contributed by atoms with Gasteiger partial charge in [0, 0.05) is 28.1 Å².